The zero-order chi connectivity index (χ0) is 13.1. The molecule has 0 spiro atoms. The highest BCUT2D eigenvalue weighted by Crippen LogP contribution is 2.27. The van der Waals surface area contributed by atoms with Crippen molar-refractivity contribution in [3.8, 4) is 0 Å². The molecule has 0 aliphatic carbocycles. The Balaban J connectivity index is 2.60. The molecule has 2 rings (SSSR count). The predicted molar refractivity (Wildman–Crippen MR) is 78.3 cm³/mol. The van der Waals surface area contributed by atoms with Gasteiger partial charge in [-0.15, -0.1) is 11.6 Å². The summed E-state index contributed by atoms with van der Waals surface area (Å²) in [6.45, 7) is 6.59. The number of halogens is 1. The molecule has 0 amide bonds. The Bertz CT molecular complexity index is 531. The summed E-state index contributed by atoms with van der Waals surface area (Å²) in [7, 11) is 0. The molecule has 0 N–H and O–H groups in total. The second-order valence-corrected chi connectivity index (χ2v) is 5.14. The van der Waals surface area contributed by atoms with Crippen molar-refractivity contribution in [1.29, 1.82) is 0 Å². The molecule has 1 aromatic heterocycles. The second-order valence-electron chi connectivity index (χ2n) is 4.87. The van der Waals surface area contributed by atoms with Crippen LogP contribution < -0.4 is 0 Å². The van der Waals surface area contributed by atoms with E-state index >= 15 is 0 Å². The van der Waals surface area contributed by atoms with E-state index in [0.717, 1.165) is 17.8 Å². The molecule has 2 aromatic rings. The molecule has 0 aliphatic heterocycles. The topological polar surface area (TPSA) is 17.8 Å². The van der Waals surface area contributed by atoms with Crippen molar-refractivity contribution in [1.82, 2.24) is 9.55 Å². The molecule has 0 radical (unpaired) electrons. The number of hydrogen-bond donors (Lipinski definition) is 0. The monoisotopic (exact) mass is 264 g/mol. The van der Waals surface area contributed by atoms with E-state index in [0.29, 0.717) is 11.9 Å². The van der Waals surface area contributed by atoms with Gasteiger partial charge >= 0.3 is 0 Å². The lowest BCUT2D eigenvalue weighted by Gasteiger charge is -2.19. The number of nitrogens with zero attached hydrogens (tertiary/aromatic N) is 2. The Hall–Kier alpha value is -1.02. The number of aryl methyl sites for hydroxylation is 1. The summed E-state index contributed by atoms with van der Waals surface area (Å²) < 4.78 is 2.35. The second kappa shape index (κ2) is 5.75. The highest BCUT2D eigenvalue weighted by atomic mass is 35.5. The van der Waals surface area contributed by atoms with E-state index in [1.165, 1.54) is 23.9 Å². The normalized spacial score (nSPS) is 13.1. The predicted octanol–water partition coefficient (Wildman–Crippen LogP) is 4.83. The molecular formula is C15H21ClN2. The summed E-state index contributed by atoms with van der Waals surface area (Å²) in [6, 6.07) is 6.93. The molecule has 0 bridgehead atoms. The van der Waals surface area contributed by atoms with E-state index < -0.39 is 0 Å². The maximum atomic E-state index is 6.06. The maximum absolute atomic E-state index is 6.06. The van der Waals surface area contributed by atoms with E-state index in [2.05, 4.69) is 48.5 Å². The number of benzene rings is 1. The van der Waals surface area contributed by atoms with Crippen molar-refractivity contribution in [3.05, 3.63) is 29.6 Å². The molecular weight excluding hydrogens is 244 g/mol. The van der Waals surface area contributed by atoms with Gasteiger partial charge in [-0.1, -0.05) is 26.3 Å². The quantitative estimate of drug-likeness (QED) is 0.707. The lowest BCUT2D eigenvalue weighted by Crippen LogP contribution is -2.10. The molecule has 0 saturated heterocycles. The first-order valence-corrected chi connectivity index (χ1v) is 7.28. The van der Waals surface area contributed by atoms with E-state index in [-0.39, 0.29) is 0 Å². The first-order chi connectivity index (χ1) is 8.71. The van der Waals surface area contributed by atoms with Gasteiger partial charge in [0.25, 0.3) is 0 Å². The third kappa shape index (κ3) is 2.39. The van der Waals surface area contributed by atoms with E-state index in [9.17, 15) is 0 Å². The van der Waals surface area contributed by atoms with Gasteiger partial charge in [-0.2, -0.15) is 0 Å². The van der Waals surface area contributed by atoms with Crippen LogP contribution in [0.2, 0.25) is 0 Å². The lowest BCUT2D eigenvalue weighted by molar-refractivity contribution is 0.448. The number of imidazole rings is 1. The minimum Gasteiger partial charge on any atom is -0.324 e. The molecule has 2 nitrogen and oxygen atoms in total. The van der Waals surface area contributed by atoms with E-state index in [4.69, 9.17) is 11.6 Å². The fourth-order valence-corrected chi connectivity index (χ4v) is 2.79. The van der Waals surface area contributed by atoms with Crippen molar-refractivity contribution in [2.24, 2.45) is 0 Å². The van der Waals surface area contributed by atoms with Gasteiger partial charge in [0.2, 0.25) is 0 Å². The average Bonchev–Trinajstić information content (AvgIpc) is 2.73. The molecule has 0 saturated carbocycles. The standard InChI is InChI=1S/C15H21ClN2/c1-4-6-12(5-2)18-14-9-11(3)7-8-13(14)17-15(18)10-16/h7-9,12H,4-6,10H2,1-3H3. The van der Waals surface area contributed by atoms with Gasteiger partial charge in [0.15, 0.2) is 0 Å². The lowest BCUT2D eigenvalue weighted by atomic mass is 10.1. The summed E-state index contributed by atoms with van der Waals surface area (Å²) in [5, 5.41) is 0. The van der Waals surface area contributed by atoms with Crippen LogP contribution in [-0.2, 0) is 5.88 Å². The molecule has 1 unspecified atom stereocenters. The van der Waals surface area contributed by atoms with Gasteiger partial charge < -0.3 is 4.57 Å². The number of fused-ring (bicyclic) bond motifs is 1. The van der Waals surface area contributed by atoms with Gasteiger partial charge in [-0.3, -0.25) is 0 Å². The third-order valence-electron chi connectivity index (χ3n) is 3.50. The Morgan fingerprint density at radius 1 is 1.33 bits per heavy atom. The van der Waals surface area contributed by atoms with Gasteiger partial charge in [-0.25, -0.2) is 4.98 Å². The zero-order valence-electron chi connectivity index (χ0n) is 11.4. The number of rotatable bonds is 5. The Kier molecular flexibility index (Phi) is 4.28. The van der Waals surface area contributed by atoms with Crippen LogP contribution in [0.15, 0.2) is 18.2 Å². The van der Waals surface area contributed by atoms with Crippen molar-refractivity contribution >= 4 is 22.6 Å². The highest BCUT2D eigenvalue weighted by molar-refractivity contribution is 6.16. The molecule has 18 heavy (non-hydrogen) atoms. The van der Waals surface area contributed by atoms with Gasteiger partial charge in [0, 0.05) is 6.04 Å². The molecule has 0 aliphatic rings. The molecule has 0 fully saturated rings. The number of aromatic nitrogens is 2. The number of hydrogen-bond acceptors (Lipinski definition) is 1. The SMILES string of the molecule is CCCC(CC)n1c(CCl)nc2ccc(C)cc21. The minimum atomic E-state index is 0.480. The van der Waals surface area contributed by atoms with Gasteiger partial charge in [-0.05, 0) is 37.5 Å². The van der Waals surface area contributed by atoms with Crippen molar-refractivity contribution in [3.63, 3.8) is 0 Å². The average molecular weight is 265 g/mol. The fourth-order valence-electron chi connectivity index (χ4n) is 2.60. The van der Waals surface area contributed by atoms with Crippen LogP contribution in [0.5, 0.6) is 0 Å². The smallest absolute Gasteiger partial charge is 0.125 e. The molecule has 98 valence electrons. The van der Waals surface area contributed by atoms with Crippen molar-refractivity contribution in [2.45, 2.75) is 52.0 Å². The maximum Gasteiger partial charge on any atom is 0.125 e. The van der Waals surface area contributed by atoms with Gasteiger partial charge in [0.1, 0.15) is 5.82 Å². The van der Waals surface area contributed by atoms with Crippen molar-refractivity contribution < 1.29 is 0 Å². The Labute approximate surface area is 114 Å². The van der Waals surface area contributed by atoms with Crippen LogP contribution in [0.25, 0.3) is 11.0 Å². The Morgan fingerprint density at radius 3 is 2.72 bits per heavy atom. The molecule has 3 heteroatoms. The Morgan fingerprint density at radius 2 is 2.11 bits per heavy atom. The van der Waals surface area contributed by atoms with E-state index in [1.807, 2.05) is 0 Å². The minimum absolute atomic E-state index is 0.480. The summed E-state index contributed by atoms with van der Waals surface area (Å²) in [6.07, 6.45) is 3.49. The van der Waals surface area contributed by atoms with Crippen LogP contribution in [0.4, 0.5) is 0 Å². The highest BCUT2D eigenvalue weighted by Gasteiger charge is 2.16. The fraction of sp³-hybridized carbons (Fsp3) is 0.533. The largest absolute Gasteiger partial charge is 0.324 e. The van der Waals surface area contributed by atoms with Crippen LogP contribution in [0.1, 0.15) is 50.5 Å². The summed E-state index contributed by atoms with van der Waals surface area (Å²) in [5.41, 5.74) is 3.56. The molecule has 1 atom stereocenters. The number of alkyl halides is 1. The summed E-state index contributed by atoms with van der Waals surface area (Å²) in [4.78, 5) is 4.65. The van der Waals surface area contributed by atoms with Gasteiger partial charge in [0.05, 0.1) is 16.9 Å². The van der Waals surface area contributed by atoms with E-state index in [1.54, 1.807) is 0 Å². The van der Waals surface area contributed by atoms with Crippen LogP contribution in [0.3, 0.4) is 0 Å². The zero-order valence-corrected chi connectivity index (χ0v) is 12.2. The van der Waals surface area contributed by atoms with Crippen molar-refractivity contribution in [2.75, 3.05) is 0 Å². The first kappa shape index (κ1) is 13.4. The summed E-state index contributed by atoms with van der Waals surface area (Å²) in [5.74, 6) is 1.48. The third-order valence-corrected chi connectivity index (χ3v) is 3.73. The summed E-state index contributed by atoms with van der Waals surface area (Å²) >= 11 is 6.06. The molecule has 1 aromatic carbocycles. The van der Waals surface area contributed by atoms with Crippen LogP contribution in [0, 0.1) is 6.92 Å². The first-order valence-electron chi connectivity index (χ1n) is 6.74. The van der Waals surface area contributed by atoms with Crippen LogP contribution in [-0.4, -0.2) is 9.55 Å². The molecule has 1 heterocycles. The van der Waals surface area contributed by atoms with Crippen LogP contribution >= 0.6 is 11.6 Å².